The van der Waals surface area contributed by atoms with Crippen LogP contribution in [0.25, 0.3) is 11.0 Å². The van der Waals surface area contributed by atoms with Gasteiger partial charge in [-0.1, -0.05) is 18.2 Å². The molecule has 7 nitrogen and oxygen atoms in total. The quantitative estimate of drug-likeness (QED) is 0.747. The molecule has 3 rings (SSSR count). The van der Waals surface area contributed by atoms with E-state index in [0.29, 0.717) is 51.6 Å². The fourth-order valence-corrected chi connectivity index (χ4v) is 3.33. The first-order valence-electron chi connectivity index (χ1n) is 9.35. The number of methoxy groups -OCH3 is 1. The monoisotopic (exact) mass is 373 g/mol. The molecule has 1 saturated heterocycles. The SMILES string of the molecule is COCCCNC(=O)CN1CCN(C(=O)c2oc3ccccc3c2C)CC1. The molecule has 0 spiro atoms. The van der Waals surface area contributed by atoms with Gasteiger partial charge in [0.15, 0.2) is 5.76 Å². The van der Waals surface area contributed by atoms with E-state index in [1.54, 1.807) is 12.0 Å². The van der Waals surface area contributed by atoms with E-state index in [1.807, 2.05) is 31.2 Å². The Morgan fingerprint density at radius 1 is 1.19 bits per heavy atom. The molecule has 0 atom stereocenters. The Hall–Kier alpha value is -2.38. The van der Waals surface area contributed by atoms with Crippen LogP contribution in [0.1, 0.15) is 22.5 Å². The summed E-state index contributed by atoms with van der Waals surface area (Å²) in [5.74, 6) is 0.354. The van der Waals surface area contributed by atoms with Crippen molar-refractivity contribution >= 4 is 22.8 Å². The predicted molar refractivity (Wildman–Crippen MR) is 103 cm³/mol. The summed E-state index contributed by atoms with van der Waals surface area (Å²) in [6, 6.07) is 7.69. The molecular formula is C20H27N3O4. The first kappa shape index (κ1) is 19.4. The third-order valence-electron chi connectivity index (χ3n) is 4.91. The van der Waals surface area contributed by atoms with Crippen LogP contribution in [0, 0.1) is 6.92 Å². The van der Waals surface area contributed by atoms with Crippen molar-refractivity contribution < 1.29 is 18.7 Å². The molecule has 2 aromatic rings. The number of carbonyl (C=O) groups is 2. The summed E-state index contributed by atoms with van der Waals surface area (Å²) < 4.78 is 10.8. The number of hydrogen-bond acceptors (Lipinski definition) is 5. The van der Waals surface area contributed by atoms with E-state index in [4.69, 9.17) is 9.15 Å². The lowest BCUT2D eigenvalue weighted by atomic mass is 10.1. The summed E-state index contributed by atoms with van der Waals surface area (Å²) in [6.07, 6.45) is 0.807. The molecule has 2 heterocycles. The molecule has 0 aliphatic carbocycles. The molecule has 0 saturated carbocycles. The van der Waals surface area contributed by atoms with Gasteiger partial charge < -0.3 is 19.4 Å². The smallest absolute Gasteiger partial charge is 0.289 e. The molecule has 0 bridgehead atoms. The van der Waals surface area contributed by atoms with Gasteiger partial charge in [0.05, 0.1) is 6.54 Å². The van der Waals surface area contributed by atoms with Crippen LogP contribution in [0.5, 0.6) is 0 Å². The minimum absolute atomic E-state index is 0.0130. The molecule has 1 aliphatic heterocycles. The van der Waals surface area contributed by atoms with Crippen molar-refractivity contribution in [1.82, 2.24) is 15.1 Å². The predicted octanol–water partition coefficient (Wildman–Crippen LogP) is 1.65. The molecule has 1 aliphatic rings. The number of nitrogens with zero attached hydrogens (tertiary/aromatic N) is 2. The number of hydrogen-bond donors (Lipinski definition) is 1. The molecule has 1 N–H and O–H groups in total. The molecule has 1 aromatic heterocycles. The highest BCUT2D eigenvalue weighted by atomic mass is 16.5. The van der Waals surface area contributed by atoms with Crippen molar-refractivity contribution in [3.63, 3.8) is 0 Å². The fraction of sp³-hybridized carbons (Fsp3) is 0.500. The van der Waals surface area contributed by atoms with Gasteiger partial charge in [0.2, 0.25) is 5.91 Å². The summed E-state index contributed by atoms with van der Waals surface area (Å²) in [7, 11) is 1.65. The number of rotatable bonds is 7. The number of para-hydroxylation sites is 1. The summed E-state index contributed by atoms with van der Waals surface area (Å²) in [5, 5.41) is 3.87. The average Bonchev–Trinajstić information content (AvgIpc) is 3.02. The first-order chi connectivity index (χ1) is 13.1. The molecule has 27 heavy (non-hydrogen) atoms. The van der Waals surface area contributed by atoms with E-state index in [0.717, 1.165) is 23.0 Å². The standard InChI is InChI=1S/C20H27N3O4/c1-15-16-6-3-4-7-17(16)27-19(15)20(25)23-11-9-22(10-12-23)14-18(24)21-8-5-13-26-2/h3-4,6-7H,5,8-14H2,1-2H3,(H,21,24). The third kappa shape index (κ3) is 4.67. The Bertz CT molecular complexity index is 794. The Kier molecular flexibility index (Phi) is 6.47. The van der Waals surface area contributed by atoms with E-state index in [1.165, 1.54) is 0 Å². The Morgan fingerprint density at radius 3 is 2.63 bits per heavy atom. The van der Waals surface area contributed by atoms with Gasteiger partial charge in [-0.25, -0.2) is 0 Å². The summed E-state index contributed by atoms with van der Waals surface area (Å²) in [4.78, 5) is 28.7. The Morgan fingerprint density at radius 2 is 1.93 bits per heavy atom. The Labute approximate surface area is 159 Å². The highest BCUT2D eigenvalue weighted by Crippen LogP contribution is 2.26. The van der Waals surface area contributed by atoms with Gasteiger partial charge in [0.1, 0.15) is 5.58 Å². The summed E-state index contributed by atoms with van der Waals surface area (Å²) in [5.41, 5.74) is 1.62. The zero-order valence-electron chi connectivity index (χ0n) is 16.0. The maximum Gasteiger partial charge on any atom is 0.289 e. The lowest BCUT2D eigenvalue weighted by molar-refractivity contribution is -0.122. The van der Waals surface area contributed by atoms with Crippen LogP contribution in [-0.2, 0) is 9.53 Å². The second-order valence-corrected chi connectivity index (χ2v) is 6.82. The topological polar surface area (TPSA) is 75.0 Å². The summed E-state index contributed by atoms with van der Waals surface area (Å²) >= 11 is 0. The van der Waals surface area contributed by atoms with Crippen LogP contribution in [0.3, 0.4) is 0 Å². The van der Waals surface area contributed by atoms with Crippen LogP contribution in [0.4, 0.5) is 0 Å². The number of amides is 2. The lowest BCUT2D eigenvalue weighted by Gasteiger charge is -2.33. The second-order valence-electron chi connectivity index (χ2n) is 6.82. The molecule has 7 heteroatoms. The van der Waals surface area contributed by atoms with Gasteiger partial charge in [0, 0.05) is 57.4 Å². The van der Waals surface area contributed by atoms with E-state index in [9.17, 15) is 9.59 Å². The molecule has 0 unspecified atom stereocenters. The number of aryl methyl sites for hydroxylation is 1. The number of benzene rings is 1. The second kappa shape index (κ2) is 9.01. The van der Waals surface area contributed by atoms with Gasteiger partial charge in [-0.2, -0.15) is 0 Å². The maximum atomic E-state index is 12.8. The molecule has 146 valence electrons. The number of nitrogens with one attached hydrogen (secondary N) is 1. The molecule has 0 radical (unpaired) electrons. The van der Waals surface area contributed by atoms with E-state index >= 15 is 0 Å². The van der Waals surface area contributed by atoms with Crippen LogP contribution in [0.2, 0.25) is 0 Å². The van der Waals surface area contributed by atoms with Crippen molar-refractivity contribution in [3.8, 4) is 0 Å². The third-order valence-corrected chi connectivity index (χ3v) is 4.91. The normalized spacial score (nSPS) is 15.3. The summed E-state index contributed by atoms with van der Waals surface area (Å²) in [6.45, 7) is 6.08. The number of ether oxygens (including phenoxy) is 1. The van der Waals surface area contributed by atoms with Gasteiger partial charge in [-0.3, -0.25) is 14.5 Å². The first-order valence-corrected chi connectivity index (χ1v) is 9.35. The maximum absolute atomic E-state index is 12.8. The van der Waals surface area contributed by atoms with Crippen LogP contribution in [-0.4, -0.2) is 74.6 Å². The molecular weight excluding hydrogens is 346 g/mol. The lowest BCUT2D eigenvalue weighted by Crippen LogP contribution is -2.51. The van der Waals surface area contributed by atoms with Crippen molar-refractivity contribution in [3.05, 3.63) is 35.6 Å². The number of furan rings is 1. The van der Waals surface area contributed by atoms with Gasteiger partial charge in [0.25, 0.3) is 5.91 Å². The van der Waals surface area contributed by atoms with Gasteiger partial charge in [-0.05, 0) is 19.4 Å². The number of piperazine rings is 1. The molecule has 2 amide bonds. The largest absolute Gasteiger partial charge is 0.451 e. The van der Waals surface area contributed by atoms with Crippen LogP contribution in [0.15, 0.2) is 28.7 Å². The minimum Gasteiger partial charge on any atom is -0.451 e. The van der Waals surface area contributed by atoms with Crippen molar-refractivity contribution in [2.45, 2.75) is 13.3 Å². The van der Waals surface area contributed by atoms with Crippen LogP contribution < -0.4 is 5.32 Å². The number of fused-ring (bicyclic) bond motifs is 1. The van der Waals surface area contributed by atoms with E-state index < -0.39 is 0 Å². The van der Waals surface area contributed by atoms with Crippen molar-refractivity contribution in [1.29, 1.82) is 0 Å². The Balaban J connectivity index is 1.50. The molecule has 1 aromatic carbocycles. The van der Waals surface area contributed by atoms with Gasteiger partial charge >= 0.3 is 0 Å². The average molecular weight is 373 g/mol. The molecule has 1 fully saturated rings. The highest BCUT2D eigenvalue weighted by molar-refractivity contribution is 5.99. The van der Waals surface area contributed by atoms with E-state index in [-0.39, 0.29) is 11.8 Å². The zero-order valence-corrected chi connectivity index (χ0v) is 16.0. The van der Waals surface area contributed by atoms with Crippen LogP contribution >= 0.6 is 0 Å². The van der Waals surface area contributed by atoms with Gasteiger partial charge in [-0.15, -0.1) is 0 Å². The zero-order chi connectivity index (χ0) is 19.2. The highest BCUT2D eigenvalue weighted by Gasteiger charge is 2.27. The van der Waals surface area contributed by atoms with Crippen molar-refractivity contribution in [2.75, 3.05) is 53.0 Å². The van der Waals surface area contributed by atoms with Crippen molar-refractivity contribution in [2.24, 2.45) is 0 Å². The minimum atomic E-state index is -0.0765. The van der Waals surface area contributed by atoms with E-state index in [2.05, 4.69) is 10.2 Å². The fourth-order valence-electron chi connectivity index (χ4n) is 3.33. The number of carbonyl (C=O) groups excluding carboxylic acids is 2.